The number of rotatable bonds is 11. The van der Waals surface area contributed by atoms with Crippen molar-refractivity contribution in [1.29, 1.82) is 0 Å². The molecule has 25 heavy (non-hydrogen) atoms. The first-order valence-corrected chi connectivity index (χ1v) is 8.83. The summed E-state index contributed by atoms with van der Waals surface area (Å²) in [6.45, 7) is 5.40. The van der Waals surface area contributed by atoms with Gasteiger partial charge in [-0.25, -0.2) is 0 Å². The highest BCUT2D eigenvalue weighted by Crippen LogP contribution is 2.31. The molecule has 0 saturated carbocycles. The largest absolute Gasteiger partial charge is 0.493 e. The molecular formula is C18H30N2O5. The number of morpholine rings is 1. The summed E-state index contributed by atoms with van der Waals surface area (Å²) in [5.74, 6) is 1.31. The topological polar surface area (TPSA) is 83.4 Å². The fourth-order valence-electron chi connectivity index (χ4n) is 2.77. The minimum Gasteiger partial charge on any atom is -0.493 e. The van der Waals surface area contributed by atoms with E-state index in [1.165, 1.54) is 0 Å². The maximum atomic E-state index is 10.3. The van der Waals surface area contributed by atoms with Crippen LogP contribution >= 0.6 is 0 Å². The molecule has 1 aromatic carbocycles. The second kappa shape index (κ2) is 11.3. The minimum absolute atomic E-state index is 0.169. The number of aliphatic hydroxyl groups excluding tert-OH is 2. The minimum atomic E-state index is -0.571. The summed E-state index contributed by atoms with van der Waals surface area (Å²) in [4.78, 5) is 2.18. The number of para-hydroxylation sites is 1. The number of ether oxygens (including phenoxy) is 3. The smallest absolute Gasteiger partial charge is 0.165 e. The summed E-state index contributed by atoms with van der Waals surface area (Å²) in [6, 6.07) is 5.73. The fourth-order valence-corrected chi connectivity index (χ4v) is 2.77. The third-order valence-electron chi connectivity index (χ3n) is 4.10. The Bertz CT molecular complexity index is 494. The zero-order valence-electron chi connectivity index (χ0n) is 14.9. The molecule has 1 fully saturated rings. The summed E-state index contributed by atoms with van der Waals surface area (Å²) >= 11 is 0. The van der Waals surface area contributed by atoms with Crippen LogP contribution in [0.1, 0.15) is 12.0 Å². The van der Waals surface area contributed by atoms with Gasteiger partial charge >= 0.3 is 0 Å². The van der Waals surface area contributed by atoms with Crippen LogP contribution in [0.25, 0.3) is 0 Å². The van der Waals surface area contributed by atoms with Crippen molar-refractivity contribution in [2.24, 2.45) is 0 Å². The lowest BCUT2D eigenvalue weighted by Gasteiger charge is -2.28. The van der Waals surface area contributed by atoms with E-state index in [0.29, 0.717) is 44.2 Å². The van der Waals surface area contributed by atoms with Crippen LogP contribution in [0.15, 0.2) is 18.2 Å². The van der Waals surface area contributed by atoms with Crippen molar-refractivity contribution in [2.45, 2.75) is 19.1 Å². The lowest BCUT2D eigenvalue weighted by atomic mass is 10.1. The third kappa shape index (κ3) is 6.80. The van der Waals surface area contributed by atoms with E-state index in [0.717, 1.165) is 25.2 Å². The average molecular weight is 354 g/mol. The molecule has 142 valence electrons. The van der Waals surface area contributed by atoms with Crippen LogP contribution in [-0.2, 0) is 11.3 Å². The van der Waals surface area contributed by atoms with E-state index >= 15 is 0 Å². The number of nitrogens with one attached hydrogen (secondary N) is 1. The zero-order valence-corrected chi connectivity index (χ0v) is 14.9. The SMILES string of the molecule is COc1cccc(CNCCCO)c1OC[C@H](O)CN1CCOCC1. The number of hydrogen-bond donors (Lipinski definition) is 3. The lowest BCUT2D eigenvalue weighted by molar-refractivity contribution is 0.00436. The standard InChI is InChI=1S/C18H30N2O5/c1-23-17-5-2-4-15(12-19-6-3-9-21)18(17)25-14-16(22)13-20-7-10-24-11-8-20/h2,4-5,16,19,21-22H,3,6-14H2,1H3/t16-/m1/s1. The summed E-state index contributed by atoms with van der Waals surface area (Å²) in [5, 5.41) is 22.4. The molecule has 1 aliphatic heterocycles. The van der Waals surface area contributed by atoms with E-state index in [4.69, 9.17) is 19.3 Å². The number of β-amino-alcohol motifs (C(OH)–C–C–N with tert-alkyl or cyclic N) is 1. The Balaban J connectivity index is 1.89. The first-order valence-electron chi connectivity index (χ1n) is 8.83. The Morgan fingerprint density at radius 2 is 2.12 bits per heavy atom. The molecule has 1 saturated heterocycles. The van der Waals surface area contributed by atoms with E-state index in [2.05, 4.69) is 10.2 Å². The molecular weight excluding hydrogens is 324 g/mol. The molecule has 0 spiro atoms. The van der Waals surface area contributed by atoms with Gasteiger partial charge in [-0.05, 0) is 19.0 Å². The van der Waals surface area contributed by atoms with Crippen LogP contribution < -0.4 is 14.8 Å². The molecule has 0 bridgehead atoms. The van der Waals surface area contributed by atoms with Crippen molar-refractivity contribution in [3.63, 3.8) is 0 Å². The van der Waals surface area contributed by atoms with E-state index in [9.17, 15) is 5.11 Å². The van der Waals surface area contributed by atoms with Crippen LogP contribution in [0.3, 0.4) is 0 Å². The van der Waals surface area contributed by atoms with Gasteiger partial charge in [0.2, 0.25) is 0 Å². The van der Waals surface area contributed by atoms with Gasteiger partial charge in [-0.1, -0.05) is 12.1 Å². The molecule has 7 nitrogen and oxygen atoms in total. The van der Waals surface area contributed by atoms with Gasteiger partial charge in [-0.2, -0.15) is 0 Å². The van der Waals surface area contributed by atoms with Gasteiger partial charge < -0.3 is 29.7 Å². The van der Waals surface area contributed by atoms with Crippen LogP contribution in [0.5, 0.6) is 11.5 Å². The van der Waals surface area contributed by atoms with Crippen LogP contribution in [-0.4, -0.2) is 80.9 Å². The molecule has 0 aromatic heterocycles. The van der Waals surface area contributed by atoms with Gasteiger partial charge in [0.05, 0.1) is 20.3 Å². The zero-order chi connectivity index (χ0) is 17.9. The average Bonchev–Trinajstić information content (AvgIpc) is 2.64. The number of benzene rings is 1. The van der Waals surface area contributed by atoms with Gasteiger partial charge in [0, 0.05) is 38.3 Å². The molecule has 7 heteroatoms. The first-order chi connectivity index (χ1) is 12.2. The highest BCUT2D eigenvalue weighted by molar-refractivity contribution is 5.46. The van der Waals surface area contributed by atoms with Crippen LogP contribution in [0, 0.1) is 0 Å². The number of methoxy groups -OCH3 is 1. The third-order valence-corrected chi connectivity index (χ3v) is 4.10. The van der Waals surface area contributed by atoms with Gasteiger partial charge in [-0.3, -0.25) is 4.90 Å². The van der Waals surface area contributed by atoms with E-state index in [-0.39, 0.29) is 13.2 Å². The molecule has 1 aliphatic rings. The Morgan fingerprint density at radius 1 is 1.32 bits per heavy atom. The van der Waals surface area contributed by atoms with Crippen molar-refractivity contribution in [3.8, 4) is 11.5 Å². The normalized spacial score (nSPS) is 16.6. The quantitative estimate of drug-likeness (QED) is 0.491. The Labute approximate surface area is 149 Å². The molecule has 1 atom stereocenters. The molecule has 0 unspecified atom stereocenters. The predicted molar refractivity (Wildman–Crippen MR) is 95.2 cm³/mol. The van der Waals surface area contributed by atoms with Gasteiger partial charge in [0.1, 0.15) is 12.7 Å². The van der Waals surface area contributed by atoms with Crippen LogP contribution in [0.2, 0.25) is 0 Å². The predicted octanol–water partition coefficient (Wildman–Crippen LogP) is 0.239. The molecule has 1 aromatic rings. The van der Waals surface area contributed by atoms with Crippen molar-refractivity contribution in [1.82, 2.24) is 10.2 Å². The summed E-state index contributed by atoms with van der Waals surface area (Å²) < 4.78 is 16.6. The van der Waals surface area contributed by atoms with Crippen molar-refractivity contribution >= 4 is 0 Å². The Hall–Kier alpha value is -1.38. The lowest BCUT2D eigenvalue weighted by Crippen LogP contribution is -2.42. The van der Waals surface area contributed by atoms with E-state index in [1.807, 2.05) is 18.2 Å². The van der Waals surface area contributed by atoms with Crippen molar-refractivity contribution in [3.05, 3.63) is 23.8 Å². The van der Waals surface area contributed by atoms with Crippen molar-refractivity contribution < 1.29 is 24.4 Å². The number of aliphatic hydroxyl groups is 2. The fraction of sp³-hybridized carbons (Fsp3) is 0.667. The Morgan fingerprint density at radius 3 is 2.84 bits per heavy atom. The first kappa shape index (κ1) is 19.9. The molecule has 0 radical (unpaired) electrons. The summed E-state index contributed by atoms with van der Waals surface area (Å²) in [6.07, 6.45) is 0.136. The maximum absolute atomic E-state index is 10.3. The second-order valence-electron chi connectivity index (χ2n) is 6.08. The monoisotopic (exact) mass is 354 g/mol. The molecule has 2 rings (SSSR count). The van der Waals surface area contributed by atoms with E-state index < -0.39 is 6.10 Å². The summed E-state index contributed by atoms with van der Waals surface area (Å²) in [5.41, 5.74) is 0.968. The van der Waals surface area contributed by atoms with E-state index in [1.54, 1.807) is 7.11 Å². The second-order valence-corrected chi connectivity index (χ2v) is 6.08. The highest BCUT2D eigenvalue weighted by Gasteiger charge is 2.17. The number of hydrogen-bond acceptors (Lipinski definition) is 7. The molecule has 3 N–H and O–H groups in total. The van der Waals surface area contributed by atoms with Gasteiger partial charge in [-0.15, -0.1) is 0 Å². The van der Waals surface area contributed by atoms with Crippen molar-refractivity contribution in [2.75, 3.05) is 59.7 Å². The molecule has 0 aliphatic carbocycles. The number of nitrogens with zero attached hydrogens (tertiary/aromatic N) is 1. The molecule has 0 amide bonds. The highest BCUT2D eigenvalue weighted by atomic mass is 16.5. The maximum Gasteiger partial charge on any atom is 0.165 e. The molecule has 1 heterocycles. The van der Waals surface area contributed by atoms with Crippen LogP contribution in [0.4, 0.5) is 0 Å². The Kier molecular flexibility index (Phi) is 8.99. The van der Waals surface area contributed by atoms with Gasteiger partial charge in [0.25, 0.3) is 0 Å². The summed E-state index contributed by atoms with van der Waals surface area (Å²) in [7, 11) is 1.61. The van der Waals surface area contributed by atoms with Gasteiger partial charge in [0.15, 0.2) is 11.5 Å².